The molecule has 6 heteroatoms. The molecule has 24 heavy (non-hydrogen) atoms. The lowest BCUT2D eigenvalue weighted by Gasteiger charge is -2.20. The van der Waals surface area contributed by atoms with Crippen LogP contribution < -0.4 is 9.47 Å². The second-order valence-corrected chi connectivity index (χ2v) is 5.51. The number of hydrogen-bond acceptors (Lipinski definition) is 5. The fraction of sp³-hybridized carbons (Fsp3) is 0.222. The summed E-state index contributed by atoms with van der Waals surface area (Å²) in [6, 6.07) is 15.0. The molecule has 2 aromatic carbocycles. The number of hydrazone groups is 1. The van der Waals surface area contributed by atoms with Crippen molar-refractivity contribution in [2.24, 2.45) is 5.10 Å². The molecule has 2 heterocycles. The summed E-state index contributed by atoms with van der Waals surface area (Å²) in [7, 11) is 0. The Labute approximate surface area is 139 Å². The molecular formula is C18H16N2O4. The van der Waals surface area contributed by atoms with Crippen molar-refractivity contribution in [3.63, 3.8) is 0 Å². The Hall–Kier alpha value is -3.02. The molecule has 4 rings (SSSR count). The monoisotopic (exact) mass is 324 g/mol. The van der Waals surface area contributed by atoms with Crippen LogP contribution in [0.15, 0.2) is 53.6 Å². The number of carbonyl (C=O) groups is 1. The van der Waals surface area contributed by atoms with Crippen molar-refractivity contribution < 1.29 is 19.0 Å². The zero-order valence-corrected chi connectivity index (χ0v) is 13.1. The summed E-state index contributed by atoms with van der Waals surface area (Å²) < 4.78 is 17.1. The molecule has 0 aromatic heterocycles. The minimum atomic E-state index is -0.563. The third-order valence-electron chi connectivity index (χ3n) is 3.84. The second-order valence-electron chi connectivity index (χ2n) is 5.51. The van der Waals surface area contributed by atoms with Crippen molar-refractivity contribution in [1.82, 2.24) is 5.01 Å². The second kappa shape index (κ2) is 5.88. The topological polar surface area (TPSA) is 60.4 Å². The maximum absolute atomic E-state index is 11.9. The number of ether oxygens (including phenoxy) is 3. The van der Waals surface area contributed by atoms with Crippen molar-refractivity contribution >= 4 is 11.8 Å². The van der Waals surface area contributed by atoms with Crippen LogP contribution in [0.4, 0.5) is 0 Å². The lowest BCUT2D eigenvalue weighted by Crippen LogP contribution is -2.25. The van der Waals surface area contributed by atoms with Gasteiger partial charge in [0.25, 0.3) is 0 Å². The Morgan fingerprint density at radius 1 is 1.08 bits per heavy atom. The van der Waals surface area contributed by atoms with Gasteiger partial charge in [0, 0.05) is 18.1 Å². The molecule has 2 aliphatic heterocycles. The van der Waals surface area contributed by atoms with Crippen LogP contribution in [0.1, 0.15) is 24.3 Å². The van der Waals surface area contributed by atoms with E-state index >= 15 is 0 Å². The summed E-state index contributed by atoms with van der Waals surface area (Å²) in [6.45, 7) is 2.52. The number of fused-ring (bicyclic) bond motifs is 1. The molecule has 0 spiro atoms. The van der Waals surface area contributed by atoms with Gasteiger partial charge in [0.1, 0.15) is 13.2 Å². The minimum absolute atomic E-state index is 0.184. The van der Waals surface area contributed by atoms with Crippen LogP contribution in [0.3, 0.4) is 0 Å². The van der Waals surface area contributed by atoms with Gasteiger partial charge in [0.2, 0.25) is 18.0 Å². The summed E-state index contributed by atoms with van der Waals surface area (Å²) in [4.78, 5) is 11.9. The molecule has 1 atom stereocenters. The maximum Gasteiger partial charge on any atom is 0.243 e. The summed E-state index contributed by atoms with van der Waals surface area (Å²) in [5.74, 6) is 1.56. The summed E-state index contributed by atoms with van der Waals surface area (Å²) in [5.41, 5.74) is 1.60. The average Bonchev–Trinajstić information content (AvgIpc) is 3.08. The number of rotatable bonds is 2. The van der Waals surface area contributed by atoms with Crippen LogP contribution >= 0.6 is 0 Å². The Balaban J connectivity index is 1.66. The lowest BCUT2D eigenvalue weighted by atomic mass is 10.2. The molecule has 0 bridgehead atoms. The highest BCUT2D eigenvalue weighted by Gasteiger charge is 2.33. The standard InChI is InChI=1S/C18H16N2O4/c1-12(21)20-18(13-5-3-2-4-6-13)24-17(19-20)14-7-8-15-16(11-14)23-10-9-22-15/h2-8,11,18H,9-10H2,1H3. The van der Waals surface area contributed by atoms with Gasteiger partial charge in [-0.15, -0.1) is 5.10 Å². The van der Waals surface area contributed by atoms with E-state index in [9.17, 15) is 4.79 Å². The SMILES string of the molecule is CC(=O)N1N=C(c2ccc3c(c2)OCCO3)OC1c1ccccc1. The smallest absolute Gasteiger partial charge is 0.243 e. The van der Waals surface area contributed by atoms with Crippen LogP contribution in [-0.2, 0) is 9.53 Å². The first-order valence-electron chi connectivity index (χ1n) is 7.72. The van der Waals surface area contributed by atoms with Gasteiger partial charge in [-0.2, -0.15) is 5.01 Å². The van der Waals surface area contributed by atoms with E-state index in [0.717, 1.165) is 11.1 Å². The Kier molecular flexibility index (Phi) is 3.57. The molecule has 0 N–H and O–H groups in total. The quantitative estimate of drug-likeness (QED) is 0.852. The van der Waals surface area contributed by atoms with E-state index in [0.29, 0.717) is 30.6 Å². The van der Waals surface area contributed by atoms with Gasteiger partial charge in [-0.3, -0.25) is 4.79 Å². The fourth-order valence-electron chi connectivity index (χ4n) is 2.69. The molecule has 1 unspecified atom stereocenters. The highest BCUT2D eigenvalue weighted by molar-refractivity contribution is 5.97. The molecule has 0 fully saturated rings. The van der Waals surface area contributed by atoms with Crippen LogP contribution in [0, 0.1) is 0 Å². The van der Waals surface area contributed by atoms with Gasteiger partial charge < -0.3 is 14.2 Å². The normalized spacial score (nSPS) is 18.8. The predicted molar refractivity (Wildman–Crippen MR) is 86.8 cm³/mol. The van der Waals surface area contributed by atoms with Crippen LogP contribution in [0.5, 0.6) is 11.5 Å². The van der Waals surface area contributed by atoms with Gasteiger partial charge in [0.15, 0.2) is 11.5 Å². The first-order valence-corrected chi connectivity index (χ1v) is 7.72. The number of hydrogen-bond donors (Lipinski definition) is 0. The number of amides is 1. The molecule has 0 saturated heterocycles. The van der Waals surface area contributed by atoms with E-state index in [1.807, 2.05) is 48.5 Å². The van der Waals surface area contributed by atoms with Crippen LogP contribution in [0.25, 0.3) is 0 Å². The van der Waals surface area contributed by atoms with Crippen molar-refractivity contribution in [2.75, 3.05) is 13.2 Å². The highest BCUT2D eigenvalue weighted by atomic mass is 16.6. The van der Waals surface area contributed by atoms with Crippen LogP contribution in [-0.4, -0.2) is 30.0 Å². The molecule has 2 aliphatic rings. The molecule has 0 aliphatic carbocycles. The molecule has 0 saturated carbocycles. The summed E-state index contributed by atoms with van der Waals surface area (Å²) in [6.07, 6.45) is -0.563. The van der Waals surface area contributed by atoms with Crippen LogP contribution in [0.2, 0.25) is 0 Å². The minimum Gasteiger partial charge on any atom is -0.486 e. The van der Waals surface area contributed by atoms with E-state index < -0.39 is 6.23 Å². The maximum atomic E-state index is 11.9. The largest absolute Gasteiger partial charge is 0.486 e. The Bertz CT molecular complexity index is 804. The average molecular weight is 324 g/mol. The summed E-state index contributed by atoms with van der Waals surface area (Å²) in [5, 5.41) is 5.70. The van der Waals surface area contributed by atoms with Gasteiger partial charge >= 0.3 is 0 Å². The van der Waals surface area contributed by atoms with E-state index in [1.54, 1.807) is 0 Å². The lowest BCUT2D eigenvalue weighted by molar-refractivity contribution is -0.135. The Morgan fingerprint density at radius 2 is 1.83 bits per heavy atom. The van der Waals surface area contributed by atoms with Crippen molar-refractivity contribution in [3.05, 3.63) is 59.7 Å². The van der Waals surface area contributed by atoms with Gasteiger partial charge in [-0.05, 0) is 18.2 Å². The van der Waals surface area contributed by atoms with Crippen molar-refractivity contribution in [3.8, 4) is 11.5 Å². The summed E-state index contributed by atoms with van der Waals surface area (Å²) >= 11 is 0. The number of nitrogens with zero attached hydrogens (tertiary/aromatic N) is 2. The zero-order valence-electron chi connectivity index (χ0n) is 13.1. The highest BCUT2D eigenvalue weighted by Crippen LogP contribution is 2.34. The fourth-order valence-corrected chi connectivity index (χ4v) is 2.69. The third-order valence-corrected chi connectivity index (χ3v) is 3.84. The first-order chi connectivity index (χ1) is 11.7. The molecule has 0 radical (unpaired) electrons. The molecule has 2 aromatic rings. The van der Waals surface area contributed by atoms with E-state index in [4.69, 9.17) is 14.2 Å². The van der Waals surface area contributed by atoms with Crippen molar-refractivity contribution in [1.29, 1.82) is 0 Å². The van der Waals surface area contributed by atoms with Gasteiger partial charge in [-0.1, -0.05) is 30.3 Å². The molecule has 1 amide bonds. The molecule has 122 valence electrons. The van der Waals surface area contributed by atoms with E-state index in [-0.39, 0.29) is 5.91 Å². The Morgan fingerprint density at radius 3 is 2.58 bits per heavy atom. The van der Waals surface area contributed by atoms with Gasteiger partial charge in [0.05, 0.1) is 0 Å². The number of benzene rings is 2. The zero-order chi connectivity index (χ0) is 16.5. The first kappa shape index (κ1) is 14.6. The number of carbonyl (C=O) groups excluding carboxylic acids is 1. The molecule has 6 nitrogen and oxygen atoms in total. The third kappa shape index (κ3) is 2.56. The van der Waals surface area contributed by atoms with E-state index in [1.165, 1.54) is 11.9 Å². The predicted octanol–water partition coefficient (Wildman–Crippen LogP) is 2.70. The molecular weight excluding hydrogens is 308 g/mol. The van der Waals surface area contributed by atoms with E-state index in [2.05, 4.69) is 5.10 Å². The van der Waals surface area contributed by atoms with Crippen molar-refractivity contribution in [2.45, 2.75) is 13.2 Å². The van der Waals surface area contributed by atoms with Gasteiger partial charge in [-0.25, -0.2) is 0 Å².